The summed E-state index contributed by atoms with van der Waals surface area (Å²) in [5, 5.41) is 4.10. The van der Waals surface area contributed by atoms with Crippen molar-refractivity contribution in [1.82, 2.24) is 10.1 Å². The molecule has 1 aliphatic heterocycles. The molecule has 0 radical (unpaired) electrons. The summed E-state index contributed by atoms with van der Waals surface area (Å²) in [6.07, 6.45) is 1.95. The van der Waals surface area contributed by atoms with Crippen molar-refractivity contribution in [2.45, 2.75) is 39.7 Å². The summed E-state index contributed by atoms with van der Waals surface area (Å²) in [6, 6.07) is 7.98. The molecule has 3 rings (SSSR count). The zero-order valence-corrected chi connectivity index (χ0v) is 12.7. The monoisotopic (exact) mass is 284 g/mol. The molecular weight excluding hydrogens is 264 g/mol. The number of hydrogen-bond acceptors (Lipinski definition) is 3. The highest BCUT2D eigenvalue weighted by atomic mass is 16.5. The molecule has 4 heteroatoms. The van der Waals surface area contributed by atoms with Gasteiger partial charge in [-0.2, -0.15) is 0 Å². The SMILES string of the molecule is Cc1ccc(C)c(C(=O)N2CCC[C@@H]2c2cc(C)on2)c1. The van der Waals surface area contributed by atoms with Crippen LogP contribution in [0.4, 0.5) is 0 Å². The number of carbonyl (C=O) groups is 1. The molecule has 1 atom stereocenters. The van der Waals surface area contributed by atoms with Crippen LogP contribution in [0.1, 0.15) is 51.8 Å². The second kappa shape index (κ2) is 5.35. The summed E-state index contributed by atoms with van der Waals surface area (Å²) >= 11 is 0. The zero-order valence-electron chi connectivity index (χ0n) is 12.7. The lowest BCUT2D eigenvalue weighted by Crippen LogP contribution is -2.31. The number of likely N-dealkylation sites (tertiary alicyclic amines) is 1. The first-order valence-electron chi connectivity index (χ1n) is 7.37. The van der Waals surface area contributed by atoms with Gasteiger partial charge in [0.05, 0.1) is 6.04 Å². The average molecular weight is 284 g/mol. The molecule has 0 N–H and O–H groups in total. The zero-order chi connectivity index (χ0) is 15.0. The van der Waals surface area contributed by atoms with Gasteiger partial charge in [-0.1, -0.05) is 22.9 Å². The van der Waals surface area contributed by atoms with E-state index < -0.39 is 0 Å². The first-order chi connectivity index (χ1) is 10.1. The normalized spacial score (nSPS) is 18.2. The fourth-order valence-electron chi connectivity index (χ4n) is 2.98. The van der Waals surface area contributed by atoms with Gasteiger partial charge in [-0.25, -0.2) is 0 Å². The first kappa shape index (κ1) is 13.9. The van der Waals surface area contributed by atoms with Gasteiger partial charge >= 0.3 is 0 Å². The quantitative estimate of drug-likeness (QED) is 0.846. The van der Waals surface area contributed by atoms with Crippen LogP contribution < -0.4 is 0 Å². The lowest BCUT2D eigenvalue weighted by molar-refractivity contribution is 0.0730. The second-order valence-corrected chi connectivity index (χ2v) is 5.84. The van der Waals surface area contributed by atoms with E-state index in [9.17, 15) is 4.79 Å². The number of amides is 1. The third-order valence-corrected chi connectivity index (χ3v) is 4.12. The minimum Gasteiger partial charge on any atom is -0.361 e. The summed E-state index contributed by atoms with van der Waals surface area (Å²) in [5.41, 5.74) is 3.79. The number of benzene rings is 1. The largest absolute Gasteiger partial charge is 0.361 e. The van der Waals surface area contributed by atoms with Gasteiger partial charge in [-0.15, -0.1) is 0 Å². The molecule has 0 aliphatic carbocycles. The molecule has 2 heterocycles. The molecule has 110 valence electrons. The molecule has 1 aromatic heterocycles. The molecule has 2 aromatic rings. The molecule has 21 heavy (non-hydrogen) atoms. The maximum absolute atomic E-state index is 12.9. The Balaban J connectivity index is 1.91. The van der Waals surface area contributed by atoms with Crippen molar-refractivity contribution in [3.05, 3.63) is 52.4 Å². The Hall–Kier alpha value is -2.10. The van der Waals surface area contributed by atoms with E-state index in [0.29, 0.717) is 0 Å². The van der Waals surface area contributed by atoms with Gasteiger partial charge in [0.15, 0.2) is 0 Å². The molecule has 1 aromatic carbocycles. The highest BCUT2D eigenvalue weighted by molar-refractivity contribution is 5.96. The van der Waals surface area contributed by atoms with Gasteiger partial charge in [-0.3, -0.25) is 4.79 Å². The van der Waals surface area contributed by atoms with E-state index in [4.69, 9.17) is 4.52 Å². The summed E-state index contributed by atoms with van der Waals surface area (Å²) in [7, 11) is 0. The fourth-order valence-corrected chi connectivity index (χ4v) is 2.98. The van der Waals surface area contributed by atoms with E-state index in [1.54, 1.807) is 0 Å². The van der Waals surface area contributed by atoms with Crippen molar-refractivity contribution in [3.63, 3.8) is 0 Å². The second-order valence-electron chi connectivity index (χ2n) is 5.84. The molecule has 1 amide bonds. The average Bonchev–Trinajstić information content (AvgIpc) is 3.09. The van der Waals surface area contributed by atoms with Crippen molar-refractivity contribution in [3.8, 4) is 0 Å². The molecule has 1 saturated heterocycles. The van der Waals surface area contributed by atoms with Crippen molar-refractivity contribution in [1.29, 1.82) is 0 Å². The van der Waals surface area contributed by atoms with E-state index in [-0.39, 0.29) is 11.9 Å². The summed E-state index contributed by atoms with van der Waals surface area (Å²) < 4.78 is 5.17. The highest BCUT2D eigenvalue weighted by Crippen LogP contribution is 2.33. The predicted molar refractivity (Wildman–Crippen MR) is 80.2 cm³/mol. The standard InChI is InChI=1S/C17H20N2O2/c1-11-6-7-12(2)14(9-11)17(20)19-8-4-5-16(19)15-10-13(3)21-18-15/h6-7,9-10,16H,4-5,8H2,1-3H3/t16-/m1/s1. The van der Waals surface area contributed by atoms with Gasteiger partial charge in [0.2, 0.25) is 0 Å². The Morgan fingerprint density at radius 3 is 2.81 bits per heavy atom. The smallest absolute Gasteiger partial charge is 0.254 e. The molecule has 0 bridgehead atoms. The summed E-state index contributed by atoms with van der Waals surface area (Å²) in [4.78, 5) is 14.8. The van der Waals surface area contributed by atoms with Crippen LogP contribution in [-0.2, 0) is 0 Å². The lowest BCUT2D eigenvalue weighted by Gasteiger charge is -2.24. The molecule has 1 fully saturated rings. The first-order valence-corrected chi connectivity index (χ1v) is 7.37. The van der Waals surface area contributed by atoms with Crippen molar-refractivity contribution < 1.29 is 9.32 Å². The van der Waals surface area contributed by atoms with Crippen LogP contribution >= 0.6 is 0 Å². The van der Waals surface area contributed by atoms with Crippen LogP contribution in [0.25, 0.3) is 0 Å². The minimum atomic E-state index is 0.0369. The Labute approximate surface area is 124 Å². The molecular formula is C17H20N2O2. The van der Waals surface area contributed by atoms with Gasteiger partial charge in [0.25, 0.3) is 5.91 Å². The Morgan fingerprint density at radius 1 is 1.29 bits per heavy atom. The summed E-state index contributed by atoms with van der Waals surface area (Å²) in [5.74, 6) is 0.885. The third-order valence-electron chi connectivity index (χ3n) is 4.12. The Morgan fingerprint density at radius 2 is 2.10 bits per heavy atom. The number of carbonyl (C=O) groups excluding carboxylic acids is 1. The fraction of sp³-hybridized carbons (Fsp3) is 0.412. The van der Waals surface area contributed by atoms with Crippen LogP contribution in [0.5, 0.6) is 0 Å². The summed E-state index contributed by atoms with van der Waals surface area (Å²) in [6.45, 7) is 6.65. The Kier molecular flexibility index (Phi) is 3.53. The third kappa shape index (κ3) is 2.58. The highest BCUT2D eigenvalue weighted by Gasteiger charge is 2.33. The van der Waals surface area contributed by atoms with Crippen molar-refractivity contribution in [2.24, 2.45) is 0 Å². The number of aromatic nitrogens is 1. The number of rotatable bonds is 2. The topological polar surface area (TPSA) is 46.3 Å². The predicted octanol–water partition coefficient (Wildman–Crippen LogP) is 3.58. The lowest BCUT2D eigenvalue weighted by atomic mass is 10.0. The molecule has 1 aliphatic rings. The van der Waals surface area contributed by atoms with E-state index in [1.165, 1.54) is 0 Å². The van der Waals surface area contributed by atoms with Crippen LogP contribution in [0, 0.1) is 20.8 Å². The minimum absolute atomic E-state index is 0.0369. The van der Waals surface area contributed by atoms with Gasteiger partial charge in [0, 0.05) is 18.2 Å². The Bertz CT molecular complexity index is 675. The molecule has 4 nitrogen and oxygen atoms in total. The molecule has 0 saturated carbocycles. The van der Waals surface area contributed by atoms with Crippen LogP contribution in [0.3, 0.4) is 0 Å². The number of nitrogens with zero attached hydrogens (tertiary/aromatic N) is 2. The van der Waals surface area contributed by atoms with E-state index >= 15 is 0 Å². The molecule has 0 spiro atoms. The van der Waals surface area contributed by atoms with Crippen molar-refractivity contribution >= 4 is 5.91 Å². The number of aryl methyl sites for hydroxylation is 3. The van der Waals surface area contributed by atoms with E-state index in [1.807, 2.05) is 49.9 Å². The van der Waals surface area contributed by atoms with Crippen LogP contribution in [0.15, 0.2) is 28.8 Å². The van der Waals surface area contributed by atoms with Gasteiger partial charge in [-0.05, 0) is 45.2 Å². The van der Waals surface area contributed by atoms with E-state index in [0.717, 1.165) is 47.5 Å². The maximum atomic E-state index is 12.9. The van der Waals surface area contributed by atoms with Crippen LogP contribution in [0.2, 0.25) is 0 Å². The molecule has 0 unspecified atom stereocenters. The van der Waals surface area contributed by atoms with Crippen molar-refractivity contribution in [2.75, 3.05) is 6.54 Å². The van der Waals surface area contributed by atoms with E-state index in [2.05, 4.69) is 5.16 Å². The van der Waals surface area contributed by atoms with Crippen LogP contribution in [-0.4, -0.2) is 22.5 Å². The van der Waals surface area contributed by atoms with Gasteiger partial charge in [0.1, 0.15) is 11.5 Å². The van der Waals surface area contributed by atoms with Gasteiger partial charge < -0.3 is 9.42 Å². The maximum Gasteiger partial charge on any atom is 0.254 e. The number of hydrogen-bond donors (Lipinski definition) is 0.